The van der Waals surface area contributed by atoms with Crippen LogP contribution in [0.4, 0.5) is 60.5 Å². The average molecular weight is 1190 g/mol. The number of nitrogens with zero attached hydrogens (tertiary/aromatic N) is 2. The predicted molar refractivity (Wildman–Crippen MR) is 355 cm³/mol. The van der Waals surface area contributed by atoms with Crippen molar-refractivity contribution in [2.45, 2.75) is 38.5 Å². The molecular formula is C82H58F6N2. The van der Waals surface area contributed by atoms with Gasteiger partial charge in [-0.1, -0.05) is 206 Å². The summed E-state index contributed by atoms with van der Waals surface area (Å²) >= 11 is 0. The zero-order valence-corrected chi connectivity index (χ0v) is 49.8. The van der Waals surface area contributed by atoms with E-state index in [1.807, 2.05) is 84.9 Å². The average Bonchev–Trinajstić information content (AvgIpc) is 1.53. The van der Waals surface area contributed by atoms with Gasteiger partial charge in [-0.05, 0) is 176 Å². The molecule has 90 heavy (non-hydrogen) atoms. The number of fused-ring (bicyclic) bond motifs is 6. The molecule has 14 rings (SSSR count). The molecule has 8 heteroatoms. The highest BCUT2D eigenvalue weighted by atomic mass is 19.2. The van der Waals surface area contributed by atoms with Crippen LogP contribution in [-0.4, -0.2) is 0 Å². The van der Waals surface area contributed by atoms with E-state index < -0.39 is 45.7 Å². The molecule has 0 fully saturated rings. The molecule has 0 amide bonds. The van der Waals surface area contributed by atoms with Crippen molar-refractivity contribution in [1.29, 1.82) is 0 Å². The molecule has 0 saturated heterocycles. The maximum absolute atomic E-state index is 15.6. The maximum Gasteiger partial charge on any atom is 0.194 e. The van der Waals surface area contributed by atoms with E-state index >= 15 is 17.6 Å². The molecular weight excluding hydrogens is 1130 g/mol. The first-order valence-electron chi connectivity index (χ1n) is 29.8. The van der Waals surface area contributed by atoms with Gasteiger partial charge in [0.15, 0.2) is 34.9 Å². The molecule has 0 radical (unpaired) electrons. The topological polar surface area (TPSA) is 6.48 Å². The van der Waals surface area contributed by atoms with E-state index in [1.165, 1.54) is 0 Å². The predicted octanol–water partition coefficient (Wildman–Crippen LogP) is 22.4. The fraction of sp³-hybridized carbons (Fsp3) is 0.0732. The zero-order chi connectivity index (χ0) is 62.3. The van der Waals surface area contributed by atoms with Crippen molar-refractivity contribution in [3.8, 4) is 33.4 Å². The Morgan fingerprint density at radius 1 is 0.300 bits per heavy atom. The number of hydrogen-bond donors (Lipinski definition) is 0. The largest absolute Gasteiger partial charge is 0.310 e. The molecule has 2 nitrogen and oxygen atoms in total. The lowest BCUT2D eigenvalue weighted by Gasteiger charge is -2.36. The maximum atomic E-state index is 15.6. The zero-order valence-electron chi connectivity index (χ0n) is 49.8. The Labute approximate surface area is 520 Å². The number of halogens is 6. The lowest BCUT2D eigenvalue weighted by molar-refractivity contribution is 0.447. The Hall–Kier alpha value is -10.7. The van der Waals surface area contributed by atoms with Crippen molar-refractivity contribution in [1.82, 2.24) is 0 Å². The van der Waals surface area contributed by atoms with Crippen LogP contribution < -0.4 is 9.80 Å². The first-order valence-corrected chi connectivity index (χ1v) is 29.8. The quantitative estimate of drug-likeness (QED) is 0.0839. The Morgan fingerprint density at radius 3 is 0.989 bits per heavy atom. The molecule has 0 heterocycles. The summed E-state index contributed by atoms with van der Waals surface area (Å²) in [5.74, 6) is -8.50. The van der Waals surface area contributed by atoms with E-state index in [9.17, 15) is 8.78 Å². The van der Waals surface area contributed by atoms with Gasteiger partial charge < -0.3 is 9.80 Å². The second kappa shape index (κ2) is 22.2. The first-order chi connectivity index (χ1) is 43.6. The van der Waals surface area contributed by atoms with Gasteiger partial charge in [0.2, 0.25) is 0 Å². The number of anilines is 6. The molecule has 438 valence electrons. The number of hydrogen-bond acceptors (Lipinski definition) is 2. The van der Waals surface area contributed by atoms with Crippen molar-refractivity contribution in [2.24, 2.45) is 0 Å². The minimum atomic E-state index is -1.57. The molecule has 12 aromatic rings. The smallest absolute Gasteiger partial charge is 0.194 e. The van der Waals surface area contributed by atoms with Crippen molar-refractivity contribution < 1.29 is 26.3 Å². The third-order valence-electron chi connectivity index (χ3n) is 18.4. The Bertz CT molecular complexity index is 4520. The summed E-state index contributed by atoms with van der Waals surface area (Å²) in [6.45, 7) is 16.4. The molecule has 0 aliphatic heterocycles. The fourth-order valence-electron chi connectivity index (χ4n) is 14.2. The van der Waals surface area contributed by atoms with Crippen LogP contribution in [-0.2, 0) is 10.8 Å². The van der Waals surface area contributed by atoms with Gasteiger partial charge in [0.05, 0.1) is 22.2 Å². The molecule has 2 aliphatic rings. The molecule has 0 bridgehead atoms. The van der Waals surface area contributed by atoms with E-state index in [0.29, 0.717) is 22.7 Å². The molecule has 2 unspecified atom stereocenters. The van der Waals surface area contributed by atoms with E-state index in [1.54, 1.807) is 9.80 Å². The summed E-state index contributed by atoms with van der Waals surface area (Å²) in [7, 11) is 0. The highest BCUT2D eigenvalue weighted by Crippen LogP contribution is 2.60. The van der Waals surface area contributed by atoms with Gasteiger partial charge in [0.1, 0.15) is 0 Å². The third-order valence-corrected chi connectivity index (χ3v) is 18.4. The molecule has 2 aliphatic carbocycles. The van der Waals surface area contributed by atoms with Gasteiger partial charge in [-0.15, -0.1) is 0 Å². The highest BCUT2D eigenvalue weighted by molar-refractivity contribution is 5.92. The second-order valence-corrected chi connectivity index (χ2v) is 23.6. The number of benzene rings is 12. The molecule has 0 saturated carbocycles. The summed E-state index contributed by atoms with van der Waals surface area (Å²) < 4.78 is 92.4. The third kappa shape index (κ3) is 9.03. The molecule has 0 aromatic heterocycles. The van der Waals surface area contributed by atoms with Crippen molar-refractivity contribution >= 4 is 46.3 Å². The Balaban J connectivity index is 0.892. The van der Waals surface area contributed by atoms with Crippen LogP contribution >= 0.6 is 0 Å². The van der Waals surface area contributed by atoms with Crippen LogP contribution in [0.1, 0.15) is 77.9 Å². The normalized spacial score (nSPS) is 15.2. The fourth-order valence-corrected chi connectivity index (χ4v) is 14.2. The Kier molecular flexibility index (Phi) is 14.1. The van der Waals surface area contributed by atoms with Crippen LogP contribution in [0.3, 0.4) is 0 Å². The Morgan fingerprint density at radius 2 is 0.633 bits per heavy atom. The summed E-state index contributed by atoms with van der Waals surface area (Å²) in [6.07, 6.45) is 3.63. The summed E-state index contributed by atoms with van der Waals surface area (Å²) in [6, 6.07) is 77.6. The summed E-state index contributed by atoms with van der Waals surface area (Å²) in [4.78, 5) is 3.46. The van der Waals surface area contributed by atoms with E-state index in [2.05, 4.69) is 186 Å². The van der Waals surface area contributed by atoms with Crippen molar-refractivity contribution in [3.63, 3.8) is 0 Å². The van der Waals surface area contributed by atoms with Crippen LogP contribution in [0.25, 0.3) is 45.5 Å². The monoisotopic (exact) mass is 1180 g/mol. The number of aryl methyl sites for hydroxylation is 4. The lowest BCUT2D eigenvalue weighted by atomic mass is 9.66. The van der Waals surface area contributed by atoms with E-state index in [-0.39, 0.29) is 11.4 Å². The van der Waals surface area contributed by atoms with Gasteiger partial charge in [0.25, 0.3) is 0 Å². The van der Waals surface area contributed by atoms with Crippen LogP contribution in [0.2, 0.25) is 0 Å². The molecule has 12 aromatic carbocycles. The first kappa shape index (κ1) is 57.1. The standard InChI is InChI=1S/C82H58F6N2/c1-7-53-21-29-57(30-22-53)81(71-41-49(3)17-19-51(71)5)69-15-11-9-13-65(69)67-39-37-61(43-73(67)81)89(63-45-75(83)79(87)76(84)46-63)59-33-25-55(26-34-59)56-27-35-60(36-28-56)90(64-47-77(85)80(88)78(86)48-64)62-38-40-68-66-14-10-12-16-70(66)82(74(68)44-62,58-31-23-54(8-2)24-32-58)72-42-50(4)18-20-52(72)6/h7-48H,1-2H2,3-6H3. The number of rotatable bonds is 13. The molecule has 0 spiro atoms. The van der Waals surface area contributed by atoms with Gasteiger partial charge in [-0.2, -0.15) is 0 Å². The van der Waals surface area contributed by atoms with Gasteiger partial charge in [-0.25, -0.2) is 26.3 Å². The van der Waals surface area contributed by atoms with E-state index in [0.717, 1.165) is 136 Å². The van der Waals surface area contributed by atoms with E-state index in [4.69, 9.17) is 0 Å². The van der Waals surface area contributed by atoms with Gasteiger partial charge in [-0.3, -0.25) is 0 Å². The summed E-state index contributed by atoms with van der Waals surface area (Å²) in [5.41, 5.74) is 20.8. The second-order valence-electron chi connectivity index (χ2n) is 23.6. The lowest BCUT2D eigenvalue weighted by Crippen LogP contribution is -2.30. The van der Waals surface area contributed by atoms with Gasteiger partial charge in [0, 0.05) is 47.0 Å². The van der Waals surface area contributed by atoms with Crippen molar-refractivity contribution in [2.75, 3.05) is 9.80 Å². The minimum Gasteiger partial charge on any atom is -0.310 e. The van der Waals surface area contributed by atoms with Crippen molar-refractivity contribution in [3.05, 3.63) is 369 Å². The van der Waals surface area contributed by atoms with Crippen LogP contribution in [0.5, 0.6) is 0 Å². The highest BCUT2D eigenvalue weighted by Gasteiger charge is 2.49. The summed E-state index contributed by atoms with van der Waals surface area (Å²) in [5, 5.41) is 0. The minimum absolute atomic E-state index is 0.0627. The van der Waals surface area contributed by atoms with Gasteiger partial charge >= 0.3 is 0 Å². The molecule has 0 N–H and O–H groups in total. The SMILES string of the molecule is C=Cc1ccc(C2(c3cc(C)ccc3C)c3ccccc3-c3ccc(N(c4ccc(-c5ccc(N(c6cc(F)c(F)c(F)c6)c6ccc7c(c6)C(c6ccc(C=C)cc6)(c6cc(C)ccc6C)c6ccccc6-7)cc5)cc4)c4cc(F)c(F)c(F)c4)cc32)cc1. The van der Waals surface area contributed by atoms with Crippen LogP contribution in [0, 0.1) is 62.6 Å². The van der Waals surface area contributed by atoms with Crippen LogP contribution in [0.15, 0.2) is 256 Å². The molecule has 2 atom stereocenters.